The third-order valence-corrected chi connectivity index (χ3v) is 9.81. The molecule has 17 nitrogen and oxygen atoms in total. The van der Waals surface area contributed by atoms with Gasteiger partial charge in [0.15, 0.2) is 40.4 Å². The number of carbonyl (C=O) groups excluding carboxylic acids is 4. The largest absolute Gasteiger partial charge is 0.497 e. The molecule has 66 heavy (non-hydrogen) atoms. The summed E-state index contributed by atoms with van der Waals surface area (Å²) in [5.74, 6) is 1.60. The fourth-order valence-electron chi connectivity index (χ4n) is 6.04. The smallest absolute Gasteiger partial charge is 0.320 e. The van der Waals surface area contributed by atoms with Gasteiger partial charge in [-0.15, -0.1) is 0 Å². The lowest BCUT2D eigenvalue weighted by molar-refractivity contribution is -0.159. The zero-order valence-electron chi connectivity index (χ0n) is 39.9. The van der Waals surface area contributed by atoms with Gasteiger partial charge in [0.05, 0.1) is 75.4 Å². The minimum Gasteiger partial charge on any atom is -0.497 e. The van der Waals surface area contributed by atoms with Crippen LogP contribution in [0.15, 0.2) is 72.8 Å². The lowest BCUT2D eigenvalue weighted by Crippen LogP contribution is -2.30. The normalized spacial score (nSPS) is 10.6. The van der Waals surface area contributed by atoms with E-state index in [1.165, 1.54) is 35.5 Å². The molecule has 0 aliphatic rings. The monoisotopic (exact) mass is 922 g/mol. The van der Waals surface area contributed by atoms with E-state index in [1.54, 1.807) is 101 Å². The van der Waals surface area contributed by atoms with Crippen molar-refractivity contribution >= 4 is 35.2 Å². The molecular weight excluding hydrogens is 857 g/mol. The van der Waals surface area contributed by atoms with Crippen LogP contribution >= 0.6 is 0 Å². The molecule has 0 aromatic heterocycles. The van der Waals surface area contributed by atoms with Gasteiger partial charge in [-0.25, -0.2) is 0 Å². The number of nitrogen functional groups attached to an aromatic ring is 1. The van der Waals surface area contributed by atoms with Crippen LogP contribution in [0, 0.1) is 11.8 Å². The van der Waals surface area contributed by atoms with Crippen molar-refractivity contribution < 1.29 is 71.3 Å². The van der Waals surface area contributed by atoms with Gasteiger partial charge in [0.2, 0.25) is 5.91 Å². The minimum atomic E-state index is -0.919. The average Bonchev–Trinajstić information content (AvgIpc) is 3.35. The number of benzene rings is 4. The number of hydrogen-bond acceptors (Lipinski definition) is 16. The molecule has 3 N–H and O–H groups in total. The Labute approximate surface area is 388 Å². The highest BCUT2D eigenvalue weighted by atomic mass is 16.6. The Morgan fingerprint density at radius 1 is 0.455 bits per heavy atom. The number of amides is 1. The van der Waals surface area contributed by atoms with E-state index in [0.717, 1.165) is 38.5 Å². The molecule has 17 heteroatoms. The summed E-state index contributed by atoms with van der Waals surface area (Å²) in [6.45, 7) is 4.12. The van der Waals surface area contributed by atoms with E-state index in [9.17, 15) is 19.2 Å². The summed E-state index contributed by atoms with van der Waals surface area (Å²) in [4.78, 5) is 47.6. The standard InChI is InChI=1S/C24H31NO7.C15H17NO4.C10H18O4/c1-6-7-8-9-18(24(27)31-5)23(26)25-19-14-16(28-2)10-12-20(19)32-22-15-17(29-3)11-13-21(22)30-4;1-17-10-4-6-12(16)14(8-10)20-13-7-5-11(18-2)9-15(13)19-3;1-4-5-6-7-8(9(11)13-2)10(12)14-3/h10-15,18H,6-9H2,1-5H3,(H,25,26);4-9H,16H2,1-3H3;8H,4-7H2,1-3H3. The third kappa shape index (κ3) is 17.5. The predicted molar refractivity (Wildman–Crippen MR) is 250 cm³/mol. The summed E-state index contributed by atoms with van der Waals surface area (Å²) in [6.07, 6.45) is 6.44. The van der Waals surface area contributed by atoms with Crippen LogP contribution in [0.25, 0.3) is 0 Å². The maximum atomic E-state index is 13.0. The van der Waals surface area contributed by atoms with E-state index in [-0.39, 0.29) is 0 Å². The number of nitrogens with two attached hydrogens (primary N) is 1. The van der Waals surface area contributed by atoms with E-state index >= 15 is 0 Å². The van der Waals surface area contributed by atoms with E-state index < -0.39 is 35.7 Å². The summed E-state index contributed by atoms with van der Waals surface area (Å²) in [5, 5.41) is 2.80. The van der Waals surface area contributed by atoms with Crippen LogP contribution in [0.3, 0.4) is 0 Å². The number of hydrogen-bond donors (Lipinski definition) is 2. The Morgan fingerprint density at radius 2 is 0.864 bits per heavy atom. The van der Waals surface area contributed by atoms with Gasteiger partial charge in [-0.05, 0) is 61.4 Å². The van der Waals surface area contributed by atoms with Gasteiger partial charge >= 0.3 is 17.9 Å². The molecule has 4 aromatic rings. The number of carbonyl (C=O) groups is 4. The zero-order chi connectivity index (χ0) is 49.0. The van der Waals surface area contributed by atoms with Crippen molar-refractivity contribution in [2.24, 2.45) is 11.8 Å². The van der Waals surface area contributed by atoms with Crippen molar-refractivity contribution in [3.05, 3.63) is 72.8 Å². The van der Waals surface area contributed by atoms with Gasteiger partial charge in [0.1, 0.15) is 28.9 Å². The van der Waals surface area contributed by atoms with Crippen LogP contribution in [-0.2, 0) is 33.4 Å². The maximum Gasteiger partial charge on any atom is 0.320 e. The lowest BCUT2D eigenvalue weighted by Gasteiger charge is -2.18. The zero-order valence-corrected chi connectivity index (χ0v) is 39.9. The molecule has 1 atom stereocenters. The Bertz CT molecular complexity index is 2110. The van der Waals surface area contributed by atoms with Crippen LogP contribution in [0.2, 0.25) is 0 Å². The highest BCUT2D eigenvalue weighted by Gasteiger charge is 2.29. The second-order valence-electron chi connectivity index (χ2n) is 14.2. The highest BCUT2D eigenvalue weighted by molar-refractivity contribution is 6.05. The fourth-order valence-corrected chi connectivity index (χ4v) is 6.04. The first-order valence-electron chi connectivity index (χ1n) is 21.3. The molecule has 0 bridgehead atoms. The summed E-state index contributed by atoms with van der Waals surface area (Å²) >= 11 is 0. The molecule has 0 heterocycles. The Balaban J connectivity index is 0.000000375. The Hall–Kier alpha value is -7.04. The van der Waals surface area contributed by atoms with Crippen LogP contribution in [0.5, 0.6) is 57.5 Å². The van der Waals surface area contributed by atoms with Crippen molar-refractivity contribution in [2.45, 2.75) is 65.2 Å². The summed E-state index contributed by atoms with van der Waals surface area (Å²) in [5.41, 5.74) is 6.76. The molecule has 0 fully saturated rings. The molecule has 0 saturated heterocycles. The third-order valence-electron chi connectivity index (χ3n) is 9.81. The molecular formula is C49H66N2O15. The summed E-state index contributed by atoms with van der Waals surface area (Å²) in [6, 6.07) is 20.6. The van der Waals surface area contributed by atoms with Gasteiger partial charge in [-0.3, -0.25) is 19.2 Å². The number of nitrogens with one attached hydrogen (secondary N) is 1. The second kappa shape index (κ2) is 30.2. The molecule has 0 spiro atoms. The lowest BCUT2D eigenvalue weighted by atomic mass is 10.00. The first-order valence-corrected chi connectivity index (χ1v) is 21.3. The number of ether oxygens (including phenoxy) is 11. The topological polar surface area (TPSA) is 208 Å². The van der Waals surface area contributed by atoms with E-state index in [2.05, 4.69) is 28.6 Å². The van der Waals surface area contributed by atoms with Crippen molar-refractivity contribution in [1.29, 1.82) is 0 Å². The van der Waals surface area contributed by atoms with Crippen LogP contribution in [0.4, 0.5) is 11.4 Å². The molecule has 4 aromatic carbocycles. The van der Waals surface area contributed by atoms with Crippen LogP contribution in [0.1, 0.15) is 65.2 Å². The van der Waals surface area contributed by atoms with Gasteiger partial charge in [-0.2, -0.15) is 0 Å². The molecule has 0 radical (unpaired) electrons. The average molecular weight is 923 g/mol. The number of rotatable bonds is 23. The highest BCUT2D eigenvalue weighted by Crippen LogP contribution is 2.40. The molecule has 0 aliphatic carbocycles. The van der Waals surface area contributed by atoms with Crippen molar-refractivity contribution in [3.8, 4) is 57.5 Å². The van der Waals surface area contributed by atoms with E-state index in [4.69, 9.17) is 48.4 Å². The van der Waals surface area contributed by atoms with Gasteiger partial charge in [0, 0.05) is 24.3 Å². The van der Waals surface area contributed by atoms with Crippen molar-refractivity contribution in [1.82, 2.24) is 0 Å². The van der Waals surface area contributed by atoms with Gasteiger partial charge < -0.3 is 63.2 Å². The Morgan fingerprint density at radius 3 is 1.35 bits per heavy atom. The number of unbranched alkanes of at least 4 members (excludes halogenated alkanes) is 4. The quantitative estimate of drug-likeness (QED) is 0.0233. The minimum absolute atomic E-state index is 0.350. The van der Waals surface area contributed by atoms with Crippen molar-refractivity contribution in [3.63, 3.8) is 0 Å². The molecule has 0 saturated carbocycles. The van der Waals surface area contributed by atoms with E-state index in [1.807, 2.05) is 0 Å². The molecule has 1 unspecified atom stereocenters. The van der Waals surface area contributed by atoms with Crippen LogP contribution < -0.4 is 48.9 Å². The van der Waals surface area contributed by atoms with Crippen LogP contribution in [-0.4, -0.2) is 87.8 Å². The molecule has 362 valence electrons. The molecule has 0 aliphatic heterocycles. The first kappa shape index (κ1) is 55.1. The summed E-state index contributed by atoms with van der Waals surface area (Å²) < 4.78 is 57.2. The molecule has 4 rings (SSSR count). The van der Waals surface area contributed by atoms with Gasteiger partial charge in [0.25, 0.3) is 0 Å². The first-order chi connectivity index (χ1) is 31.8. The van der Waals surface area contributed by atoms with Gasteiger partial charge in [-0.1, -0.05) is 52.4 Å². The maximum absolute atomic E-state index is 13.0. The van der Waals surface area contributed by atoms with E-state index in [0.29, 0.717) is 81.7 Å². The number of esters is 3. The SMILES string of the molecule is CCCCCC(C(=O)Nc1cc(OC)ccc1Oc1cc(OC)ccc1OC)C(=O)OC.CCCCCC(C(=O)OC)C(=O)OC.COc1ccc(N)c(Oc2ccc(OC)cc2OC)c1. The number of anilines is 2. The van der Waals surface area contributed by atoms with Crippen molar-refractivity contribution in [2.75, 3.05) is 75.0 Å². The second-order valence-corrected chi connectivity index (χ2v) is 14.2. The predicted octanol–water partition coefficient (Wildman–Crippen LogP) is 9.43. The fraction of sp³-hybridized carbons (Fsp3) is 0.429. The Kier molecular flexibility index (Phi) is 25.2. The summed E-state index contributed by atoms with van der Waals surface area (Å²) in [7, 11) is 13.2. The molecule has 1 amide bonds. The number of methoxy groups -OCH3 is 9.